The Bertz CT molecular complexity index is 575. The lowest BCUT2D eigenvalue weighted by Gasteiger charge is -2.08. The zero-order valence-electron chi connectivity index (χ0n) is 10.9. The van der Waals surface area contributed by atoms with E-state index in [-0.39, 0.29) is 5.56 Å². The summed E-state index contributed by atoms with van der Waals surface area (Å²) in [5, 5.41) is 6.92. The number of anilines is 1. The van der Waals surface area contributed by atoms with Crippen LogP contribution in [0.5, 0.6) is 0 Å². The molecule has 0 bridgehead atoms. The van der Waals surface area contributed by atoms with Crippen molar-refractivity contribution in [2.24, 2.45) is 0 Å². The molecule has 0 fully saturated rings. The van der Waals surface area contributed by atoms with Crippen LogP contribution in [-0.4, -0.2) is 28.2 Å². The second-order valence-electron chi connectivity index (χ2n) is 3.93. The van der Waals surface area contributed by atoms with Crippen LogP contribution in [0.4, 0.5) is 5.82 Å². The normalized spacial score (nSPS) is 10.3. The maximum Gasteiger partial charge on any atom is 0.343 e. The van der Waals surface area contributed by atoms with E-state index in [4.69, 9.17) is 4.52 Å². The Hall–Kier alpha value is -2.44. The maximum absolute atomic E-state index is 11.6. The van der Waals surface area contributed by atoms with Crippen molar-refractivity contribution in [2.45, 2.75) is 20.4 Å². The summed E-state index contributed by atoms with van der Waals surface area (Å²) in [7, 11) is 1.31. The second kappa shape index (κ2) is 5.47. The predicted octanol–water partition coefficient (Wildman–Crippen LogP) is 1.48. The molecule has 2 aromatic rings. The Morgan fingerprint density at radius 1 is 1.47 bits per heavy atom. The average molecular weight is 262 g/mol. The van der Waals surface area contributed by atoms with Gasteiger partial charge in [0.05, 0.1) is 12.8 Å². The van der Waals surface area contributed by atoms with Crippen molar-refractivity contribution >= 4 is 11.8 Å². The highest BCUT2D eigenvalue weighted by molar-refractivity contribution is 5.94. The number of hydrogen-bond acceptors (Lipinski definition) is 7. The summed E-state index contributed by atoms with van der Waals surface area (Å²) in [5.74, 6) is 0.669. The van der Waals surface area contributed by atoms with Crippen LogP contribution < -0.4 is 5.32 Å². The number of carbonyl (C=O) groups excluding carboxylic acids is 1. The van der Waals surface area contributed by atoms with Gasteiger partial charge in [0.2, 0.25) is 0 Å². The van der Waals surface area contributed by atoms with Crippen LogP contribution in [0, 0.1) is 13.8 Å². The number of ether oxygens (including phenoxy) is 1. The van der Waals surface area contributed by atoms with Gasteiger partial charge in [0.15, 0.2) is 0 Å². The molecule has 7 heteroatoms. The van der Waals surface area contributed by atoms with Crippen LogP contribution in [0.25, 0.3) is 0 Å². The quantitative estimate of drug-likeness (QED) is 0.834. The Morgan fingerprint density at radius 3 is 2.89 bits per heavy atom. The van der Waals surface area contributed by atoms with E-state index in [9.17, 15) is 4.79 Å². The van der Waals surface area contributed by atoms with E-state index in [2.05, 4.69) is 25.2 Å². The van der Waals surface area contributed by atoms with Crippen LogP contribution in [-0.2, 0) is 11.3 Å². The molecule has 0 spiro atoms. The van der Waals surface area contributed by atoms with Crippen molar-refractivity contribution in [3.63, 3.8) is 0 Å². The van der Waals surface area contributed by atoms with Crippen LogP contribution >= 0.6 is 0 Å². The third-order valence-corrected chi connectivity index (χ3v) is 2.73. The average Bonchev–Trinajstić information content (AvgIpc) is 2.75. The molecule has 0 saturated heterocycles. The summed E-state index contributed by atoms with van der Waals surface area (Å²) in [4.78, 5) is 19.4. The Labute approximate surface area is 110 Å². The first-order valence-electron chi connectivity index (χ1n) is 5.67. The number of carbonyl (C=O) groups is 1. The molecule has 100 valence electrons. The summed E-state index contributed by atoms with van der Waals surface area (Å²) in [6, 6.07) is 0. The molecule has 0 saturated carbocycles. The van der Waals surface area contributed by atoms with E-state index in [0.29, 0.717) is 12.4 Å². The van der Waals surface area contributed by atoms with Crippen LogP contribution in [0.15, 0.2) is 17.0 Å². The van der Waals surface area contributed by atoms with Crippen LogP contribution in [0.2, 0.25) is 0 Å². The molecule has 7 nitrogen and oxygen atoms in total. The van der Waals surface area contributed by atoms with Gasteiger partial charge in [0, 0.05) is 18.3 Å². The highest BCUT2D eigenvalue weighted by Crippen LogP contribution is 2.16. The maximum atomic E-state index is 11.6. The second-order valence-corrected chi connectivity index (χ2v) is 3.93. The molecular formula is C12H14N4O3. The Balaban J connectivity index is 2.18. The van der Waals surface area contributed by atoms with Crippen molar-refractivity contribution in [1.82, 2.24) is 15.1 Å². The predicted molar refractivity (Wildman–Crippen MR) is 66.7 cm³/mol. The molecule has 0 unspecified atom stereocenters. The summed E-state index contributed by atoms with van der Waals surface area (Å²) in [6.45, 7) is 4.15. The van der Waals surface area contributed by atoms with Crippen molar-refractivity contribution < 1.29 is 14.1 Å². The van der Waals surface area contributed by atoms with Gasteiger partial charge < -0.3 is 14.6 Å². The van der Waals surface area contributed by atoms with E-state index in [1.807, 2.05) is 13.8 Å². The zero-order chi connectivity index (χ0) is 13.8. The molecule has 2 rings (SSSR count). The Morgan fingerprint density at radius 2 is 2.26 bits per heavy atom. The topological polar surface area (TPSA) is 90.1 Å². The van der Waals surface area contributed by atoms with Gasteiger partial charge in [0.25, 0.3) is 0 Å². The molecule has 19 heavy (non-hydrogen) atoms. The van der Waals surface area contributed by atoms with Gasteiger partial charge in [-0.1, -0.05) is 5.16 Å². The highest BCUT2D eigenvalue weighted by Gasteiger charge is 2.14. The van der Waals surface area contributed by atoms with Gasteiger partial charge in [-0.3, -0.25) is 0 Å². The van der Waals surface area contributed by atoms with Gasteiger partial charge >= 0.3 is 5.97 Å². The van der Waals surface area contributed by atoms with E-state index in [1.165, 1.54) is 19.6 Å². The minimum atomic E-state index is -0.484. The molecule has 0 amide bonds. The third-order valence-electron chi connectivity index (χ3n) is 2.73. The largest absolute Gasteiger partial charge is 0.465 e. The number of aromatic nitrogens is 3. The lowest BCUT2D eigenvalue weighted by atomic mass is 10.2. The number of nitrogens with one attached hydrogen (secondary N) is 1. The van der Waals surface area contributed by atoms with Crippen molar-refractivity contribution in [3.8, 4) is 0 Å². The molecule has 0 aliphatic rings. The van der Waals surface area contributed by atoms with Gasteiger partial charge in [-0.2, -0.15) is 0 Å². The smallest absolute Gasteiger partial charge is 0.343 e. The fourth-order valence-electron chi connectivity index (χ4n) is 1.66. The molecular weight excluding hydrogens is 248 g/mol. The van der Waals surface area contributed by atoms with Gasteiger partial charge in [-0.15, -0.1) is 0 Å². The summed E-state index contributed by atoms with van der Waals surface area (Å²) < 4.78 is 9.74. The highest BCUT2D eigenvalue weighted by atomic mass is 16.5. The molecule has 0 aromatic carbocycles. The number of rotatable bonds is 4. The number of methoxy groups -OCH3 is 1. The molecule has 2 aromatic heterocycles. The Kier molecular flexibility index (Phi) is 3.74. The van der Waals surface area contributed by atoms with Crippen LogP contribution in [0.3, 0.4) is 0 Å². The number of nitrogens with zero attached hydrogens (tertiary/aromatic N) is 3. The summed E-state index contributed by atoms with van der Waals surface area (Å²) >= 11 is 0. The lowest BCUT2D eigenvalue weighted by molar-refractivity contribution is 0.0601. The molecule has 0 aliphatic carbocycles. The van der Waals surface area contributed by atoms with Gasteiger partial charge in [-0.05, 0) is 13.8 Å². The first-order valence-corrected chi connectivity index (χ1v) is 5.67. The molecule has 1 N–H and O–H groups in total. The SMILES string of the molecule is COC(=O)c1cncnc1NCc1c(C)noc1C. The van der Waals surface area contributed by atoms with E-state index < -0.39 is 5.97 Å². The van der Waals surface area contributed by atoms with Gasteiger partial charge in [0.1, 0.15) is 23.5 Å². The van der Waals surface area contributed by atoms with E-state index in [0.717, 1.165) is 17.0 Å². The monoisotopic (exact) mass is 262 g/mol. The first kappa shape index (κ1) is 13.0. The fourth-order valence-corrected chi connectivity index (χ4v) is 1.66. The molecule has 2 heterocycles. The van der Waals surface area contributed by atoms with Gasteiger partial charge in [-0.25, -0.2) is 14.8 Å². The summed E-state index contributed by atoms with van der Waals surface area (Å²) in [6.07, 6.45) is 2.77. The number of aryl methyl sites for hydroxylation is 2. The lowest BCUT2D eigenvalue weighted by Crippen LogP contribution is -2.11. The minimum absolute atomic E-state index is 0.289. The minimum Gasteiger partial charge on any atom is -0.465 e. The standard InChI is InChI=1S/C12H14N4O3/c1-7-9(8(2)19-16-7)5-14-11-10(12(17)18-3)4-13-6-15-11/h4,6H,5H2,1-3H3,(H,13,14,15). The first-order chi connectivity index (χ1) is 9.13. The molecule has 0 radical (unpaired) electrons. The number of esters is 1. The third kappa shape index (κ3) is 2.70. The van der Waals surface area contributed by atoms with Crippen LogP contribution in [0.1, 0.15) is 27.4 Å². The van der Waals surface area contributed by atoms with E-state index in [1.54, 1.807) is 0 Å². The van der Waals surface area contributed by atoms with Crippen molar-refractivity contribution in [3.05, 3.63) is 35.1 Å². The number of hydrogen-bond donors (Lipinski definition) is 1. The summed E-state index contributed by atoms with van der Waals surface area (Å²) in [5.41, 5.74) is 2.03. The van der Waals surface area contributed by atoms with Crippen molar-refractivity contribution in [1.29, 1.82) is 0 Å². The molecule has 0 atom stereocenters. The molecule has 0 aliphatic heterocycles. The zero-order valence-corrected chi connectivity index (χ0v) is 10.9. The van der Waals surface area contributed by atoms with Crippen molar-refractivity contribution in [2.75, 3.05) is 12.4 Å². The van der Waals surface area contributed by atoms with E-state index >= 15 is 0 Å². The fraction of sp³-hybridized carbons (Fsp3) is 0.333.